The quantitative estimate of drug-likeness (QED) is 0.264. The van der Waals surface area contributed by atoms with Crippen molar-refractivity contribution in [3.63, 3.8) is 0 Å². The Morgan fingerprint density at radius 1 is 0.556 bits per heavy atom. The Morgan fingerprint density at radius 3 is 2.19 bits per heavy atom. The number of aromatic amines is 1. The highest BCUT2D eigenvalue weighted by atomic mass is 15.0. The van der Waals surface area contributed by atoms with E-state index in [-0.39, 0.29) is 35.4 Å². The van der Waals surface area contributed by atoms with Crippen LogP contribution in [0.1, 0.15) is 6.85 Å². The van der Waals surface area contributed by atoms with E-state index in [1.807, 2.05) is 41.0 Å². The fraction of sp³-hybridized carbons (Fsp3) is 0. The second kappa shape index (κ2) is 7.34. The van der Waals surface area contributed by atoms with Crippen LogP contribution in [0.4, 0.5) is 0 Å². The average molecular weight is 464 g/mol. The van der Waals surface area contributed by atoms with Crippen molar-refractivity contribution in [1.82, 2.24) is 9.55 Å². The van der Waals surface area contributed by atoms with Crippen LogP contribution in [0.5, 0.6) is 0 Å². The van der Waals surface area contributed by atoms with Crippen LogP contribution in [0.15, 0.2) is 127 Å². The Hall–Kier alpha value is -4.82. The first-order chi connectivity index (χ1) is 19.9. The minimum atomic E-state index is -0.111. The lowest BCUT2D eigenvalue weighted by Gasteiger charge is -2.10. The van der Waals surface area contributed by atoms with Gasteiger partial charge in [0.15, 0.2) is 0 Å². The maximum atomic E-state index is 9.15. The molecule has 0 atom stereocenters. The largest absolute Gasteiger partial charge is 0.354 e. The Balaban J connectivity index is 1.54. The smallest absolute Gasteiger partial charge is 0.0645 e. The van der Waals surface area contributed by atoms with Crippen LogP contribution in [-0.4, -0.2) is 9.55 Å². The number of fused-ring (bicyclic) bond motifs is 8. The molecule has 0 spiro atoms. The van der Waals surface area contributed by atoms with Gasteiger partial charge in [0.1, 0.15) is 0 Å². The molecule has 2 heterocycles. The molecule has 0 fully saturated rings. The van der Waals surface area contributed by atoms with Gasteiger partial charge in [0.2, 0.25) is 0 Å². The van der Waals surface area contributed by atoms with Crippen LogP contribution in [0, 0.1) is 0 Å². The second-order valence-corrected chi connectivity index (χ2v) is 9.11. The number of aromatic nitrogens is 2. The minimum absolute atomic E-state index is 0.110. The number of para-hydroxylation sites is 1. The Labute approximate surface area is 215 Å². The highest BCUT2D eigenvalue weighted by Crippen LogP contribution is 2.40. The normalized spacial score (nSPS) is 13.8. The molecule has 2 nitrogen and oxygen atoms in total. The Kier molecular flexibility index (Phi) is 3.10. The predicted octanol–water partition coefficient (Wildman–Crippen LogP) is 9.24. The van der Waals surface area contributed by atoms with Crippen LogP contribution < -0.4 is 0 Å². The first-order valence-corrected chi connectivity index (χ1v) is 12.0. The van der Waals surface area contributed by atoms with Crippen LogP contribution in [0.2, 0.25) is 0 Å². The lowest BCUT2D eigenvalue weighted by molar-refractivity contribution is 1.18. The molecular formula is C34H22N2. The van der Waals surface area contributed by atoms with Crippen LogP contribution in [-0.2, 0) is 0 Å². The van der Waals surface area contributed by atoms with Crippen LogP contribution in [0.25, 0.3) is 71.2 Å². The molecule has 36 heavy (non-hydrogen) atoms. The van der Waals surface area contributed by atoms with E-state index in [1.165, 1.54) is 0 Å². The lowest BCUT2D eigenvalue weighted by atomic mass is 10.0. The Bertz CT molecular complexity index is 2340. The van der Waals surface area contributed by atoms with Crippen molar-refractivity contribution < 1.29 is 6.85 Å². The molecule has 0 aliphatic heterocycles. The zero-order chi connectivity index (χ0) is 28.0. The van der Waals surface area contributed by atoms with Gasteiger partial charge in [-0.05, 0) is 58.2 Å². The molecule has 8 aromatic rings. The maximum Gasteiger partial charge on any atom is 0.0645 e. The van der Waals surface area contributed by atoms with Crippen molar-refractivity contribution in [2.24, 2.45) is 0 Å². The fourth-order valence-corrected chi connectivity index (χ4v) is 5.49. The summed E-state index contributed by atoms with van der Waals surface area (Å²) in [7, 11) is 0. The van der Waals surface area contributed by atoms with E-state index in [0.29, 0.717) is 11.6 Å². The third-order valence-electron chi connectivity index (χ3n) is 7.12. The molecule has 0 aliphatic carbocycles. The first kappa shape index (κ1) is 15.2. The van der Waals surface area contributed by atoms with Gasteiger partial charge in [-0.25, -0.2) is 0 Å². The number of nitrogens with one attached hydrogen (secondary N) is 1. The van der Waals surface area contributed by atoms with E-state index in [0.717, 1.165) is 54.4 Å². The third-order valence-corrected chi connectivity index (χ3v) is 7.12. The van der Waals surface area contributed by atoms with E-state index < -0.39 is 0 Å². The summed E-state index contributed by atoms with van der Waals surface area (Å²) in [5.74, 6) is 0. The zero-order valence-corrected chi connectivity index (χ0v) is 19.2. The molecule has 1 N–H and O–H groups in total. The molecule has 2 heteroatoms. The molecule has 0 bridgehead atoms. The van der Waals surface area contributed by atoms with Crippen molar-refractivity contribution in [3.8, 4) is 16.8 Å². The van der Waals surface area contributed by atoms with E-state index in [2.05, 4.69) is 41.4 Å². The third kappa shape index (κ3) is 2.73. The van der Waals surface area contributed by atoms with Gasteiger partial charge >= 0.3 is 0 Å². The molecule has 6 aromatic carbocycles. The van der Waals surface area contributed by atoms with Crippen LogP contribution >= 0.6 is 0 Å². The number of hydrogen-bond acceptors (Lipinski definition) is 0. The van der Waals surface area contributed by atoms with Crippen molar-refractivity contribution in [2.45, 2.75) is 0 Å². The van der Waals surface area contributed by atoms with Gasteiger partial charge in [-0.3, -0.25) is 0 Å². The minimum Gasteiger partial charge on any atom is -0.354 e. The number of rotatable bonds is 2. The summed E-state index contributed by atoms with van der Waals surface area (Å²) in [6.45, 7) is 0. The van der Waals surface area contributed by atoms with E-state index >= 15 is 0 Å². The summed E-state index contributed by atoms with van der Waals surface area (Å²) in [6, 6.07) is 31.1. The van der Waals surface area contributed by atoms with Crippen molar-refractivity contribution in [1.29, 1.82) is 0 Å². The monoisotopic (exact) mass is 463 g/mol. The number of H-pyrrole nitrogens is 1. The van der Waals surface area contributed by atoms with E-state index in [1.54, 1.807) is 24.3 Å². The molecule has 0 aliphatic rings. The Morgan fingerprint density at radius 2 is 1.33 bits per heavy atom. The van der Waals surface area contributed by atoms with E-state index in [4.69, 9.17) is 6.85 Å². The second-order valence-electron chi connectivity index (χ2n) is 9.11. The van der Waals surface area contributed by atoms with Crippen molar-refractivity contribution in [3.05, 3.63) is 127 Å². The summed E-state index contributed by atoms with van der Waals surface area (Å²) in [5, 5.41) is 6.37. The topological polar surface area (TPSA) is 20.7 Å². The summed E-state index contributed by atoms with van der Waals surface area (Å²) >= 11 is 0. The zero-order valence-electron chi connectivity index (χ0n) is 24.2. The molecule has 168 valence electrons. The first-order valence-electron chi connectivity index (χ1n) is 14.5. The standard InChI is InChI=1S/C34H22N2/c1-2-8-22(9-3-1)23-14-17-25(18-15-23)36-32-19-16-24-10-4-5-11-26(24)34(32)29-20-28-27-12-6-7-13-30(27)35-31(28)21-33(29)36/h1-21,35H/i1D,14D,15D,17D,18D. The predicted molar refractivity (Wildman–Crippen MR) is 153 cm³/mol. The number of nitrogens with zero attached hydrogens (tertiary/aromatic N) is 1. The van der Waals surface area contributed by atoms with E-state index in [9.17, 15) is 0 Å². The SMILES string of the molecule is [2H]c1ccc(-c2c([2H])c([2H])c(-n3c4cc5[nH]c6ccccc6c5cc4c4c5ccccc5ccc43)c([2H])c2[2H])cc1. The van der Waals surface area contributed by atoms with Crippen LogP contribution in [0.3, 0.4) is 0 Å². The summed E-state index contributed by atoms with van der Waals surface area (Å²) < 4.78 is 45.9. The number of hydrogen-bond donors (Lipinski definition) is 1. The molecule has 8 rings (SSSR count). The highest BCUT2D eigenvalue weighted by Gasteiger charge is 2.17. The average Bonchev–Trinajstić information content (AvgIpc) is 3.51. The maximum absolute atomic E-state index is 9.15. The molecule has 0 saturated heterocycles. The molecule has 2 aromatic heterocycles. The van der Waals surface area contributed by atoms with Gasteiger partial charge < -0.3 is 9.55 Å². The van der Waals surface area contributed by atoms with Crippen molar-refractivity contribution >= 4 is 54.4 Å². The molecular weight excluding hydrogens is 436 g/mol. The number of benzene rings is 6. The van der Waals surface area contributed by atoms with Gasteiger partial charge in [-0.2, -0.15) is 0 Å². The van der Waals surface area contributed by atoms with Gasteiger partial charge in [0, 0.05) is 38.3 Å². The fourth-order valence-electron chi connectivity index (χ4n) is 5.49. The lowest BCUT2D eigenvalue weighted by Crippen LogP contribution is -1.94. The van der Waals surface area contributed by atoms with Gasteiger partial charge in [-0.1, -0.05) is 90.9 Å². The van der Waals surface area contributed by atoms with Gasteiger partial charge in [0.25, 0.3) is 0 Å². The highest BCUT2D eigenvalue weighted by molar-refractivity contribution is 6.25. The molecule has 0 amide bonds. The van der Waals surface area contributed by atoms with Gasteiger partial charge in [-0.15, -0.1) is 0 Å². The summed E-state index contributed by atoms with van der Waals surface area (Å²) in [4.78, 5) is 3.52. The summed E-state index contributed by atoms with van der Waals surface area (Å²) in [6.07, 6.45) is 0. The molecule has 0 radical (unpaired) electrons. The molecule has 0 unspecified atom stereocenters. The van der Waals surface area contributed by atoms with Crippen molar-refractivity contribution in [2.75, 3.05) is 0 Å². The summed E-state index contributed by atoms with van der Waals surface area (Å²) in [5.41, 5.74) is 4.60. The molecule has 0 saturated carbocycles. The van der Waals surface area contributed by atoms with Gasteiger partial charge in [0.05, 0.1) is 17.9 Å².